The molecule has 3 aromatic heterocycles. The Kier molecular flexibility index (Phi) is 4.40. The number of benzene rings is 1. The lowest BCUT2D eigenvalue weighted by molar-refractivity contribution is 1.000. The largest absolute Gasteiger partial charge is 0.355 e. The van der Waals surface area contributed by atoms with Crippen molar-refractivity contribution in [3.8, 4) is 11.1 Å². The monoisotopic (exact) mass is 428 g/mol. The van der Waals surface area contributed by atoms with Crippen LogP contribution in [0.1, 0.15) is 33.9 Å². The van der Waals surface area contributed by atoms with Crippen LogP contribution in [0.5, 0.6) is 0 Å². The van der Waals surface area contributed by atoms with E-state index in [0.29, 0.717) is 0 Å². The van der Waals surface area contributed by atoms with Crippen LogP contribution in [0.3, 0.4) is 0 Å². The Morgan fingerprint density at radius 3 is 2.06 bits per heavy atom. The molecule has 4 heteroatoms. The van der Waals surface area contributed by atoms with Crippen LogP contribution in [0.4, 0.5) is 0 Å². The molecule has 0 atom stereocenters. The van der Waals surface area contributed by atoms with Gasteiger partial charge in [-0.25, -0.2) is 9.97 Å². The average Bonchev–Trinajstić information content (AvgIpc) is 3.59. The minimum Gasteiger partial charge on any atom is -0.355 e. The van der Waals surface area contributed by atoms with E-state index >= 15 is 0 Å². The van der Waals surface area contributed by atoms with E-state index in [4.69, 9.17) is 9.97 Å². The van der Waals surface area contributed by atoms with Crippen molar-refractivity contribution in [1.29, 1.82) is 0 Å². The van der Waals surface area contributed by atoms with Crippen LogP contribution < -0.4 is 0 Å². The molecule has 33 heavy (non-hydrogen) atoms. The summed E-state index contributed by atoms with van der Waals surface area (Å²) in [5.41, 5.74) is 13.1. The predicted octanol–water partition coefficient (Wildman–Crippen LogP) is 6.95. The Morgan fingerprint density at radius 1 is 0.697 bits per heavy atom. The molecule has 160 valence electrons. The van der Waals surface area contributed by atoms with Crippen LogP contribution in [0.25, 0.3) is 57.5 Å². The van der Waals surface area contributed by atoms with Crippen molar-refractivity contribution in [2.24, 2.45) is 7.05 Å². The Hall–Kier alpha value is -4.18. The number of hydrogen-bond acceptors (Lipinski definition) is 2. The molecule has 0 radical (unpaired) electrons. The zero-order valence-electron chi connectivity index (χ0n) is 18.9. The first kappa shape index (κ1) is 19.5. The highest BCUT2D eigenvalue weighted by atomic mass is 14.9. The van der Waals surface area contributed by atoms with Gasteiger partial charge in [0, 0.05) is 29.2 Å². The second kappa shape index (κ2) is 7.45. The van der Waals surface area contributed by atoms with E-state index in [1.807, 2.05) is 0 Å². The average molecular weight is 429 g/mol. The van der Waals surface area contributed by atoms with Crippen LogP contribution in [0.15, 0.2) is 60.7 Å². The molecule has 8 bridgehead atoms. The number of aryl methyl sites for hydroxylation is 3. The van der Waals surface area contributed by atoms with Gasteiger partial charge < -0.3 is 9.55 Å². The summed E-state index contributed by atoms with van der Waals surface area (Å²) < 4.78 is 2.28. The maximum absolute atomic E-state index is 4.93. The van der Waals surface area contributed by atoms with Crippen LogP contribution in [0, 0.1) is 13.8 Å². The molecular formula is C29H24N4. The highest BCUT2D eigenvalue weighted by Crippen LogP contribution is 2.35. The molecule has 2 aliphatic rings. The van der Waals surface area contributed by atoms with Gasteiger partial charge in [-0.1, -0.05) is 30.3 Å². The highest BCUT2D eigenvalue weighted by molar-refractivity contribution is 5.93. The van der Waals surface area contributed by atoms with Gasteiger partial charge in [0.25, 0.3) is 0 Å². The van der Waals surface area contributed by atoms with Gasteiger partial charge in [0.2, 0.25) is 0 Å². The van der Waals surface area contributed by atoms with E-state index < -0.39 is 0 Å². The number of rotatable bonds is 1. The van der Waals surface area contributed by atoms with Crippen LogP contribution in [-0.2, 0) is 7.05 Å². The lowest BCUT2D eigenvalue weighted by atomic mass is 10.0. The van der Waals surface area contributed by atoms with Crippen molar-refractivity contribution in [2.75, 3.05) is 0 Å². The minimum atomic E-state index is 0.936. The molecule has 0 fully saturated rings. The standard InChI is InChI=1S/C29H24N4/c1-18-26-14-13-24(32-26)16-23-10-9-21(30-23)15-22-11-12-25(31-22)17-27-28(19(2)29(18)33(27)3)20-7-5-4-6-8-20/h4-17,30H,1-3H3. The van der Waals surface area contributed by atoms with Crippen molar-refractivity contribution in [3.63, 3.8) is 0 Å². The number of fused-ring (bicyclic) bond motifs is 8. The fourth-order valence-corrected chi connectivity index (χ4v) is 4.92. The van der Waals surface area contributed by atoms with Crippen molar-refractivity contribution in [1.82, 2.24) is 19.5 Å². The van der Waals surface area contributed by atoms with Gasteiger partial charge in [-0.2, -0.15) is 0 Å². The summed E-state index contributed by atoms with van der Waals surface area (Å²) in [6.07, 6.45) is 8.33. The molecule has 1 N–H and O–H groups in total. The Morgan fingerprint density at radius 2 is 1.33 bits per heavy atom. The molecule has 4 nitrogen and oxygen atoms in total. The second-order valence-corrected chi connectivity index (χ2v) is 8.64. The summed E-state index contributed by atoms with van der Waals surface area (Å²) in [6.45, 7) is 4.37. The number of nitrogens with zero attached hydrogens (tertiary/aromatic N) is 3. The van der Waals surface area contributed by atoms with Crippen LogP contribution in [-0.4, -0.2) is 19.5 Å². The summed E-state index contributed by atoms with van der Waals surface area (Å²) in [5, 5.41) is 0. The number of hydrogen-bond donors (Lipinski definition) is 1. The lowest BCUT2D eigenvalue weighted by Crippen LogP contribution is -1.91. The first-order chi connectivity index (χ1) is 16.1. The number of nitrogens with one attached hydrogen (secondary N) is 1. The Balaban J connectivity index is 1.80. The van der Waals surface area contributed by atoms with Crippen molar-refractivity contribution < 1.29 is 0 Å². The lowest BCUT2D eigenvalue weighted by Gasteiger charge is -2.02. The minimum absolute atomic E-state index is 0.936. The predicted molar refractivity (Wildman–Crippen MR) is 138 cm³/mol. The number of aromatic amines is 1. The fourth-order valence-electron chi connectivity index (χ4n) is 4.92. The SMILES string of the molecule is Cc1c2nc(cc3ccc(cc4nc(cc5c(-c6ccccc6)c(C)c1n5C)C=C4)[nH]3)C=C2. The first-order valence-corrected chi connectivity index (χ1v) is 11.2. The van der Waals surface area contributed by atoms with Gasteiger partial charge in [0.05, 0.1) is 28.3 Å². The highest BCUT2D eigenvalue weighted by Gasteiger charge is 2.16. The third-order valence-corrected chi connectivity index (χ3v) is 6.45. The van der Waals surface area contributed by atoms with Crippen molar-refractivity contribution in [2.45, 2.75) is 13.8 Å². The molecule has 4 aromatic rings. The zero-order valence-corrected chi connectivity index (χ0v) is 18.9. The van der Waals surface area contributed by atoms with E-state index in [9.17, 15) is 0 Å². The van der Waals surface area contributed by atoms with Gasteiger partial charge in [-0.15, -0.1) is 0 Å². The Bertz CT molecular complexity index is 1630. The second-order valence-electron chi connectivity index (χ2n) is 8.64. The topological polar surface area (TPSA) is 46.5 Å². The maximum Gasteiger partial charge on any atom is 0.0687 e. The van der Waals surface area contributed by atoms with Gasteiger partial charge in [-0.05, 0) is 85.2 Å². The van der Waals surface area contributed by atoms with Gasteiger partial charge in [-0.3, -0.25) is 0 Å². The van der Waals surface area contributed by atoms with Crippen molar-refractivity contribution in [3.05, 3.63) is 94.6 Å². The number of aromatic nitrogens is 4. The quantitative estimate of drug-likeness (QED) is 0.308. The van der Waals surface area contributed by atoms with E-state index in [2.05, 4.69) is 115 Å². The zero-order chi connectivity index (χ0) is 22.5. The molecule has 0 spiro atoms. The maximum atomic E-state index is 4.93. The fraction of sp³-hybridized carbons (Fsp3) is 0.103. The summed E-state index contributed by atoms with van der Waals surface area (Å²) in [5.74, 6) is 0. The van der Waals surface area contributed by atoms with Gasteiger partial charge in [0.1, 0.15) is 0 Å². The van der Waals surface area contributed by atoms with Crippen LogP contribution >= 0.6 is 0 Å². The molecule has 0 unspecified atom stereocenters. The molecule has 6 rings (SSSR count). The summed E-state index contributed by atoms with van der Waals surface area (Å²) >= 11 is 0. The van der Waals surface area contributed by atoms with E-state index in [0.717, 1.165) is 44.9 Å². The molecule has 0 aliphatic carbocycles. The van der Waals surface area contributed by atoms with Crippen LogP contribution in [0.2, 0.25) is 0 Å². The molecule has 0 amide bonds. The molecule has 0 saturated heterocycles. The Labute approximate surface area is 192 Å². The first-order valence-electron chi connectivity index (χ1n) is 11.2. The third kappa shape index (κ3) is 3.31. The summed E-state index contributed by atoms with van der Waals surface area (Å²) in [7, 11) is 2.14. The molecule has 1 aromatic carbocycles. The van der Waals surface area contributed by atoms with Gasteiger partial charge >= 0.3 is 0 Å². The molecule has 2 aliphatic heterocycles. The number of H-pyrrole nitrogens is 1. The summed E-state index contributed by atoms with van der Waals surface area (Å²) in [6, 6.07) is 21.1. The third-order valence-electron chi connectivity index (χ3n) is 6.45. The smallest absolute Gasteiger partial charge is 0.0687 e. The van der Waals surface area contributed by atoms with E-state index in [-0.39, 0.29) is 0 Å². The van der Waals surface area contributed by atoms with Crippen molar-refractivity contribution >= 4 is 46.4 Å². The van der Waals surface area contributed by atoms with E-state index in [1.54, 1.807) is 0 Å². The normalized spacial score (nSPS) is 12.5. The molecule has 0 saturated carbocycles. The summed E-state index contributed by atoms with van der Waals surface area (Å²) in [4.78, 5) is 13.2. The molecular weight excluding hydrogens is 404 g/mol. The molecule has 5 heterocycles. The van der Waals surface area contributed by atoms with E-state index in [1.165, 1.54) is 22.2 Å². The van der Waals surface area contributed by atoms with Gasteiger partial charge in [0.15, 0.2) is 0 Å².